The predicted octanol–water partition coefficient (Wildman–Crippen LogP) is 4.33. The number of carbonyl (C=O) groups is 1. The summed E-state index contributed by atoms with van der Waals surface area (Å²) in [5.41, 5.74) is 0.495. The molecule has 110 valence electrons. The van der Waals surface area contributed by atoms with E-state index in [1.165, 1.54) is 4.90 Å². The van der Waals surface area contributed by atoms with Crippen LogP contribution in [0.3, 0.4) is 0 Å². The van der Waals surface area contributed by atoms with Crippen molar-refractivity contribution in [2.75, 3.05) is 12.1 Å². The van der Waals surface area contributed by atoms with Crippen molar-refractivity contribution in [3.05, 3.63) is 29.8 Å². The van der Waals surface area contributed by atoms with Crippen molar-refractivity contribution in [2.45, 2.75) is 43.0 Å². The molecule has 1 aromatic carbocycles. The van der Waals surface area contributed by atoms with Gasteiger partial charge in [-0.3, -0.25) is 4.79 Å². The fraction of sp³-hybridized carbons (Fsp3) is 0.562. The summed E-state index contributed by atoms with van der Waals surface area (Å²) in [6.07, 6.45) is 6.26. The van der Waals surface area contributed by atoms with Crippen LogP contribution in [0.15, 0.2) is 29.2 Å². The Labute approximate surface area is 130 Å². The van der Waals surface area contributed by atoms with Crippen LogP contribution in [0.2, 0.25) is 0 Å². The molecule has 0 unspecified atom stereocenters. The molecule has 0 aliphatic heterocycles. The fourth-order valence-electron chi connectivity index (χ4n) is 2.66. The molecule has 1 saturated carbocycles. The summed E-state index contributed by atoms with van der Waals surface area (Å²) < 4.78 is 0. The lowest BCUT2D eigenvalue weighted by Gasteiger charge is -2.38. The minimum Gasteiger partial charge on any atom is -0.345 e. The molecule has 0 radical (unpaired) electrons. The van der Waals surface area contributed by atoms with Crippen LogP contribution in [0.5, 0.6) is 0 Å². The summed E-state index contributed by atoms with van der Waals surface area (Å²) in [4.78, 5) is 13.5. The molecule has 0 atom stereocenters. The van der Waals surface area contributed by atoms with Gasteiger partial charge in [-0.15, -0.1) is 23.4 Å². The summed E-state index contributed by atoms with van der Waals surface area (Å²) in [5, 5.41) is 3.18. The van der Waals surface area contributed by atoms with Crippen LogP contribution in [0, 0.1) is 5.92 Å². The lowest BCUT2D eigenvalue weighted by atomic mass is 9.78. The summed E-state index contributed by atoms with van der Waals surface area (Å²) in [5.74, 6) is 1.23. The maximum atomic E-state index is 12.4. The largest absolute Gasteiger partial charge is 0.345 e. The van der Waals surface area contributed by atoms with Crippen molar-refractivity contribution in [3.63, 3.8) is 0 Å². The monoisotopic (exact) mass is 311 g/mol. The van der Waals surface area contributed by atoms with Gasteiger partial charge in [-0.1, -0.05) is 6.92 Å². The molecule has 1 aromatic rings. The minimum absolute atomic E-state index is 0.00661. The molecule has 4 heteroatoms. The highest BCUT2D eigenvalue weighted by Crippen LogP contribution is 2.33. The Morgan fingerprint density at radius 3 is 2.45 bits per heavy atom. The van der Waals surface area contributed by atoms with E-state index in [9.17, 15) is 4.79 Å². The quantitative estimate of drug-likeness (QED) is 0.662. The summed E-state index contributed by atoms with van der Waals surface area (Å²) >= 11 is 7.82. The number of thioether (sulfide) groups is 1. The van der Waals surface area contributed by atoms with Crippen LogP contribution in [0.4, 0.5) is 0 Å². The van der Waals surface area contributed by atoms with Crippen LogP contribution in [0.25, 0.3) is 0 Å². The second-order valence-corrected chi connectivity index (χ2v) is 6.93. The van der Waals surface area contributed by atoms with Gasteiger partial charge < -0.3 is 5.32 Å². The molecule has 0 aromatic heterocycles. The van der Waals surface area contributed by atoms with Gasteiger partial charge in [0.15, 0.2) is 0 Å². The summed E-state index contributed by atoms with van der Waals surface area (Å²) in [6, 6.07) is 7.73. The molecule has 1 aliphatic carbocycles. The van der Waals surface area contributed by atoms with Gasteiger partial charge in [0.2, 0.25) is 0 Å². The molecule has 0 spiro atoms. The van der Waals surface area contributed by atoms with Gasteiger partial charge in [-0.05, 0) is 62.1 Å². The maximum Gasteiger partial charge on any atom is 0.251 e. The third kappa shape index (κ3) is 3.70. The Morgan fingerprint density at radius 1 is 1.35 bits per heavy atom. The van der Waals surface area contributed by atoms with Crippen molar-refractivity contribution in [3.8, 4) is 0 Å². The Bertz CT molecular complexity index is 452. The van der Waals surface area contributed by atoms with Gasteiger partial charge in [0.1, 0.15) is 0 Å². The van der Waals surface area contributed by atoms with Crippen molar-refractivity contribution in [1.82, 2.24) is 5.32 Å². The van der Waals surface area contributed by atoms with Gasteiger partial charge in [0, 0.05) is 16.3 Å². The van der Waals surface area contributed by atoms with Crippen LogP contribution < -0.4 is 5.32 Å². The van der Waals surface area contributed by atoms with E-state index in [1.807, 2.05) is 30.5 Å². The molecule has 1 aliphatic rings. The van der Waals surface area contributed by atoms with Crippen LogP contribution >= 0.6 is 23.4 Å². The van der Waals surface area contributed by atoms with Crippen molar-refractivity contribution < 1.29 is 4.79 Å². The average molecular weight is 312 g/mol. The van der Waals surface area contributed by atoms with E-state index >= 15 is 0 Å². The molecule has 1 fully saturated rings. The van der Waals surface area contributed by atoms with Crippen molar-refractivity contribution >= 4 is 29.3 Å². The van der Waals surface area contributed by atoms with E-state index < -0.39 is 0 Å². The molecular formula is C16H22ClNOS. The highest BCUT2D eigenvalue weighted by atomic mass is 35.5. The minimum atomic E-state index is -0.219. The number of alkyl halides is 1. The number of hydrogen-bond donors (Lipinski definition) is 1. The number of nitrogens with one attached hydrogen (secondary N) is 1. The predicted molar refractivity (Wildman–Crippen MR) is 86.8 cm³/mol. The summed E-state index contributed by atoms with van der Waals surface area (Å²) in [7, 11) is 0. The van der Waals surface area contributed by atoms with Crippen LogP contribution in [-0.2, 0) is 0 Å². The van der Waals surface area contributed by atoms with E-state index in [0.29, 0.717) is 11.4 Å². The lowest BCUT2D eigenvalue weighted by molar-refractivity contribution is 0.0872. The second-order valence-electron chi connectivity index (χ2n) is 5.78. The zero-order valence-electron chi connectivity index (χ0n) is 12.1. The number of benzene rings is 1. The summed E-state index contributed by atoms with van der Waals surface area (Å²) in [6.45, 7) is 2.26. The van der Waals surface area contributed by atoms with Crippen LogP contribution in [-0.4, -0.2) is 23.6 Å². The highest BCUT2D eigenvalue weighted by molar-refractivity contribution is 7.98. The molecule has 20 heavy (non-hydrogen) atoms. The Balaban J connectivity index is 2.04. The van der Waals surface area contributed by atoms with E-state index in [0.717, 1.165) is 31.6 Å². The third-order valence-corrected chi connectivity index (χ3v) is 5.47. The normalized spacial score (nSPS) is 26.2. The fourth-order valence-corrected chi connectivity index (χ4v) is 3.40. The Kier molecular flexibility index (Phi) is 5.39. The highest BCUT2D eigenvalue weighted by Gasteiger charge is 2.34. The standard InChI is InChI=1S/C16H22ClNOS/c1-12-7-9-16(11-17,10-8-12)18-15(19)13-3-5-14(20-2)6-4-13/h3-6,12H,7-11H2,1-2H3,(H,18,19). The van der Waals surface area contributed by atoms with Crippen molar-refractivity contribution in [2.24, 2.45) is 5.92 Å². The number of hydrogen-bond acceptors (Lipinski definition) is 2. The number of carbonyl (C=O) groups excluding carboxylic acids is 1. The topological polar surface area (TPSA) is 29.1 Å². The maximum absolute atomic E-state index is 12.4. The molecule has 0 heterocycles. The molecule has 1 amide bonds. The first-order valence-corrected chi connectivity index (χ1v) is 8.87. The van der Waals surface area contributed by atoms with Gasteiger partial charge in [-0.2, -0.15) is 0 Å². The molecule has 0 saturated heterocycles. The van der Waals surface area contributed by atoms with Crippen LogP contribution in [0.1, 0.15) is 43.0 Å². The van der Waals surface area contributed by atoms with E-state index in [2.05, 4.69) is 12.2 Å². The van der Waals surface area contributed by atoms with Gasteiger partial charge in [0.05, 0.1) is 5.54 Å². The van der Waals surface area contributed by atoms with Gasteiger partial charge >= 0.3 is 0 Å². The zero-order chi connectivity index (χ0) is 14.6. The first-order valence-electron chi connectivity index (χ1n) is 7.11. The lowest BCUT2D eigenvalue weighted by Crippen LogP contribution is -2.52. The third-order valence-electron chi connectivity index (χ3n) is 4.22. The second kappa shape index (κ2) is 6.86. The number of halogens is 1. The average Bonchev–Trinajstić information content (AvgIpc) is 2.50. The number of rotatable bonds is 4. The molecule has 1 N–H and O–H groups in total. The molecule has 0 bridgehead atoms. The Morgan fingerprint density at radius 2 is 1.95 bits per heavy atom. The van der Waals surface area contributed by atoms with E-state index in [1.54, 1.807) is 11.8 Å². The smallest absolute Gasteiger partial charge is 0.251 e. The first kappa shape index (κ1) is 15.7. The van der Waals surface area contributed by atoms with Crippen molar-refractivity contribution in [1.29, 1.82) is 0 Å². The SMILES string of the molecule is CSc1ccc(C(=O)NC2(CCl)CCC(C)CC2)cc1. The first-order chi connectivity index (χ1) is 9.58. The van der Waals surface area contributed by atoms with E-state index in [4.69, 9.17) is 11.6 Å². The molecular weight excluding hydrogens is 290 g/mol. The molecule has 2 rings (SSSR count). The van der Waals surface area contributed by atoms with Gasteiger partial charge in [0.25, 0.3) is 5.91 Å². The van der Waals surface area contributed by atoms with E-state index in [-0.39, 0.29) is 11.4 Å². The Hall–Kier alpha value is -0.670. The number of amides is 1. The molecule has 2 nitrogen and oxygen atoms in total. The zero-order valence-corrected chi connectivity index (χ0v) is 13.7. The van der Waals surface area contributed by atoms with Gasteiger partial charge in [-0.25, -0.2) is 0 Å².